The quantitative estimate of drug-likeness (QED) is 0.617. The van der Waals surface area contributed by atoms with Gasteiger partial charge >= 0.3 is 5.97 Å². The lowest BCUT2D eigenvalue weighted by molar-refractivity contribution is -0.153. The maximum Gasteiger partial charge on any atom is 0.319 e. The Bertz CT molecular complexity index is 474. The first-order chi connectivity index (χ1) is 8.85. The molecule has 0 heterocycles. The molecule has 0 bridgehead atoms. The molecule has 1 aromatic rings. The van der Waals surface area contributed by atoms with Gasteiger partial charge in [-0.25, -0.2) is 0 Å². The Balaban J connectivity index is 1.99. The highest BCUT2D eigenvalue weighted by Crippen LogP contribution is 2.30. The van der Waals surface area contributed by atoms with E-state index in [4.69, 9.17) is 4.74 Å². The Hall–Kier alpha value is -0.960. The van der Waals surface area contributed by atoms with E-state index in [-0.39, 0.29) is 11.2 Å². The monoisotopic (exact) mass is 278 g/mol. The standard InChI is InChI=1S/C16H22O2S/c1-11(15(17)18-16(2,3)4)19-14-9-8-12-6-5-7-13(12)10-14/h8-11H,5-7H2,1-4H3. The molecule has 2 nitrogen and oxygen atoms in total. The molecule has 0 aromatic heterocycles. The molecule has 0 spiro atoms. The molecule has 0 fully saturated rings. The normalized spacial score (nSPS) is 16.0. The van der Waals surface area contributed by atoms with Gasteiger partial charge in [0.2, 0.25) is 0 Å². The van der Waals surface area contributed by atoms with E-state index in [1.807, 2.05) is 27.7 Å². The van der Waals surface area contributed by atoms with Crippen molar-refractivity contribution in [2.24, 2.45) is 0 Å². The van der Waals surface area contributed by atoms with Crippen molar-refractivity contribution in [3.05, 3.63) is 29.3 Å². The maximum atomic E-state index is 12.0. The van der Waals surface area contributed by atoms with Crippen molar-refractivity contribution in [1.82, 2.24) is 0 Å². The summed E-state index contributed by atoms with van der Waals surface area (Å²) in [6.45, 7) is 7.61. The van der Waals surface area contributed by atoms with Crippen molar-refractivity contribution in [2.75, 3.05) is 0 Å². The van der Waals surface area contributed by atoms with E-state index in [0.717, 1.165) is 0 Å². The van der Waals surface area contributed by atoms with Crippen molar-refractivity contribution < 1.29 is 9.53 Å². The van der Waals surface area contributed by atoms with Gasteiger partial charge in [-0.15, -0.1) is 11.8 Å². The molecule has 104 valence electrons. The summed E-state index contributed by atoms with van der Waals surface area (Å²) in [6, 6.07) is 6.55. The topological polar surface area (TPSA) is 26.3 Å². The number of benzene rings is 1. The smallest absolute Gasteiger partial charge is 0.319 e. The Morgan fingerprint density at radius 1 is 1.26 bits per heavy atom. The van der Waals surface area contributed by atoms with E-state index in [1.54, 1.807) is 11.8 Å². The molecule has 0 amide bonds. The second-order valence-electron chi connectivity index (χ2n) is 6.08. The molecule has 1 unspecified atom stereocenters. The molecule has 3 heteroatoms. The number of carbonyl (C=O) groups excluding carboxylic acids is 1. The third kappa shape index (κ3) is 4.00. The third-order valence-electron chi connectivity index (χ3n) is 3.12. The number of hydrogen-bond acceptors (Lipinski definition) is 3. The summed E-state index contributed by atoms with van der Waals surface area (Å²) in [7, 11) is 0. The predicted molar refractivity (Wildman–Crippen MR) is 79.6 cm³/mol. The minimum Gasteiger partial charge on any atom is -0.459 e. The summed E-state index contributed by atoms with van der Waals surface area (Å²) in [5.41, 5.74) is 2.50. The average Bonchev–Trinajstić information content (AvgIpc) is 2.73. The van der Waals surface area contributed by atoms with Crippen LogP contribution in [0.1, 0.15) is 45.2 Å². The van der Waals surface area contributed by atoms with E-state index in [0.29, 0.717) is 0 Å². The molecule has 2 rings (SSSR count). The molecule has 0 N–H and O–H groups in total. The second-order valence-corrected chi connectivity index (χ2v) is 7.49. The predicted octanol–water partition coefficient (Wildman–Crippen LogP) is 4.00. The first-order valence-electron chi connectivity index (χ1n) is 6.86. The van der Waals surface area contributed by atoms with Crippen LogP contribution in [0.4, 0.5) is 0 Å². The Morgan fingerprint density at radius 3 is 2.63 bits per heavy atom. The van der Waals surface area contributed by atoms with Gasteiger partial charge < -0.3 is 4.74 Å². The fourth-order valence-electron chi connectivity index (χ4n) is 2.26. The van der Waals surface area contributed by atoms with Crippen LogP contribution in [-0.4, -0.2) is 16.8 Å². The summed E-state index contributed by atoms with van der Waals surface area (Å²) >= 11 is 1.58. The van der Waals surface area contributed by atoms with Gasteiger partial charge in [-0.2, -0.15) is 0 Å². The van der Waals surface area contributed by atoms with Crippen LogP contribution in [0.15, 0.2) is 23.1 Å². The fraction of sp³-hybridized carbons (Fsp3) is 0.562. The van der Waals surface area contributed by atoms with Crippen molar-refractivity contribution in [2.45, 2.75) is 62.7 Å². The molecule has 0 saturated heterocycles. The number of hydrogen-bond donors (Lipinski definition) is 0. The lowest BCUT2D eigenvalue weighted by Gasteiger charge is -2.22. The minimum atomic E-state index is -0.413. The van der Waals surface area contributed by atoms with Gasteiger partial charge in [0, 0.05) is 4.90 Å². The zero-order valence-electron chi connectivity index (χ0n) is 12.2. The van der Waals surface area contributed by atoms with Crippen LogP contribution in [0.2, 0.25) is 0 Å². The maximum absolute atomic E-state index is 12.0. The molecule has 1 aliphatic carbocycles. The second kappa shape index (κ2) is 5.58. The first kappa shape index (κ1) is 14.4. The summed E-state index contributed by atoms with van der Waals surface area (Å²) in [5.74, 6) is -0.141. The van der Waals surface area contributed by atoms with Gasteiger partial charge in [-0.1, -0.05) is 6.07 Å². The van der Waals surface area contributed by atoms with Crippen molar-refractivity contribution in [1.29, 1.82) is 0 Å². The highest BCUT2D eigenvalue weighted by atomic mass is 32.2. The molecular weight excluding hydrogens is 256 g/mol. The van der Waals surface area contributed by atoms with Gasteiger partial charge in [0.15, 0.2) is 0 Å². The van der Waals surface area contributed by atoms with E-state index in [9.17, 15) is 4.79 Å². The van der Waals surface area contributed by atoms with E-state index in [1.165, 1.54) is 35.3 Å². The number of fused-ring (bicyclic) bond motifs is 1. The summed E-state index contributed by atoms with van der Waals surface area (Å²) < 4.78 is 5.40. The molecule has 0 radical (unpaired) electrons. The SMILES string of the molecule is CC(Sc1ccc2c(c1)CCC2)C(=O)OC(C)(C)C. The summed E-state index contributed by atoms with van der Waals surface area (Å²) in [6.07, 6.45) is 3.62. The van der Waals surface area contributed by atoms with E-state index in [2.05, 4.69) is 18.2 Å². The number of aryl methyl sites for hydroxylation is 2. The molecule has 1 atom stereocenters. The zero-order valence-corrected chi connectivity index (χ0v) is 13.0. The Kier molecular flexibility index (Phi) is 4.24. The number of rotatable bonds is 3. The number of ether oxygens (including phenoxy) is 1. The number of esters is 1. The lowest BCUT2D eigenvalue weighted by Crippen LogP contribution is -2.28. The molecule has 1 aromatic carbocycles. The zero-order chi connectivity index (χ0) is 14.0. The number of carbonyl (C=O) groups is 1. The van der Waals surface area contributed by atoms with Crippen molar-refractivity contribution in [3.63, 3.8) is 0 Å². The van der Waals surface area contributed by atoms with Crippen LogP contribution < -0.4 is 0 Å². The summed E-state index contributed by atoms with van der Waals surface area (Å²) in [4.78, 5) is 13.1. The first-order valence-corrected chi connectivity index (χ1v) is 7.74. The van der Waals surface area contributed by atoms with Crippen LogP contribution in [0.5, 0.6) is 0 Å². The fourth-order valence-corrected chi connectivity index (χ4v) is 3.17. The van der Waals surface area contributed by atoms with Crippen LogP contribution in [-0.2, 0) is 22.4 Å². The number of thioether (sulfide) groups is 1. The molecule has 19 heavy (non-hydrogen) atoms. The van der Waals surface area contributed by atoms with Gasteiger partial charge in [0.25, 0.3) is 0 Å². The highest BCUT2D eigenvalue weighted by Gasteiger charge is 2.23. The largest absolute Gasteiger partial charge is 0.459 e. The Labute approximate surface area is 119 Å². The van der Waals surface area contributed by atoms with Gasteiger partial charge in [0.1, 0.15) is 10.9 Å². The minimum absolute atomic E-state index is 0.141. The summed E-state index contributed by atoms with van der Waals surface area (Å²) in [5, 5.41) is -0.168. The van der Waals surface area contributed by atoms with Crippen molar-refractivity contribution >= 4 is 17.7 Å². The van der Waals surface area contributed by atoms with E-state index < -0.39 is 5.60 Å². The Morgan fingerprint density at radius 2 is 1.95 bits per heavy atom. The molecule has 0 saturated carbocycles. The van der Waals surface area contributed by atoms with Crippen LogP contribution in [0.25, 0.3) is 0 Å². The highest BCUT2D eigenvalue weighted by molar-refractivity contribution is 8.00. The molecular formula is C16H22O2S. The lowest BCUT2D eigenvalue weighted by atomic mass is 10.1. The molecule has 1 aliphatic rings. The van der Waals surface area contributed by atoms with Crippen LogP contribution in [0.3, 0.4) is 0 Å². The average molecular weight is 278 g/mol. The molecule has 0 aliphatic heterocycles. The van der Waals surface area contributed by atoms with Crippen LogP contribution >= 0.6 is 11.8 Å². The van der Waals surface area contributed by atoms with Crippen LogP contribution in [0, 0.1) is 0 Å². The van der Waals surface area contributed by atoms with Gasteiger partial charge in [0.05, 0.1) is 0 Å². The van der Waals surface area contributed by atoms with Gasteiger partial charge in [-0.05, 0) is 70.2 Å². The third-order valence-corrected chi connectivity index (χ3v) is 4.19. The van der Waals surface area contributed by atoms with E-state index >= 15 is 0 Å². The van der Waals surface area contributed by atoms with Crippen molar-refractivity contribution in [3.8, 4) is 0 Å². The van der Waals surface area contributed by atoms with Gasteiger partial charge in [-0.3, -0.25) is 4.79 Å².